The summed E-state index contributed by atoms with van der Waals surface area (Å²) in [5.74, 6) is 0. The number of carbonyl (C=O) groups excluding carboxylic acids is 1. The minimum atomic E-state index is -0.391. The van der Waals surface area contributed by atoms with E-state index in [0.717, 1.165) is 28.6 Å². The number of hydrogen-bond donors (Lipinski definition) is 2. The highest BCUT2D eigenvalue weighted by molar-refractivity contribution is 5.93. The number of aryl methyl sites for hydroxylation is 1. The Bertz CT molecular complexity index is 805. The average Bonchev–Trinajstić information content (AvgIpc) is 3.15. The lowest BCUT2D eigenvalue weighted by molar-refractivity contribution is -0.159. The molecule has 134 valence electrons. The number of urea groups is 1. The number of ether oxygens (including phenoxy) is 2. The number of aromatic nitrogens is 2. The predicted octanol–water partition coefficient (Wildman–Crippen LogP) is 2.67. The molecule has 0 bridgehead atoms. The number of amides is 2. The number of morpholine rings is 1. The standard InChI is InChI=1S/C18H24N4O3/c1-11-6-14(7-16-15(11)8-19-21-16)20-17(23)22-9-12(2)25-18(10-22)4-5-24-13(18)3/h6-8,12-13H,4-5,9-10H2,1-3H3,(H,19,21)(H,20,23). The van der Waals surface area contributed by atoms with E-state index in [1.165, 1.54) is 0 Å². The molecule has 1 aromatic heterocycles. The summed E-state index contributed by atoms with van der Waals surface area (Å²) in [5.41, 5.74) is 2.37. The molecule has 3 heterocycles. The van der Waals surface area contributed by atoms with Crippen molar-refractivity contribution in [1.82, 2.24) is 15.1 Å². The third-order valence-corrected chi connectivity index (χ3v) is 5.31. The molecule has 2 aliphatic rings. The van der Waals surface area contributed by atoms with E-state index < -0.39 is 5.60 Å². The van der Waals surface area contributed by atoms with Gasteiger partial charge in [0.1, 0.15) is 5.60 Å². The maximum Gasteiger partial charge on any atom is 0.322 e. The normalized spacial score (nSPS) is 29.5. The number of aromatic amines is 1. The number of benzene rings is 1. The summed E-state index contributed by atoms with van der Waals surface area (Å²) in [6.07, 6.45) is 2.60. The first-order valence-electron chi connectivity index (χ1n) is 8.76. The SMILES string of the molecule is Cc1cc(NC(=O)N2CC(C)OC3(CCOC3C)C2)cc2[nH]ncc12. The summed E-state index contributed by atoms with van der Waals surface area (Å²) in [6, 6.07) is 3.78. The first-order valence-corrected chi connectivity index (χ1v) is 8.76. The van der Waals surface area contributed by atoms with E-state index in [1.54, 1.807) is 6.20 Å². The van der Waals surface area contributed by atoms with Gasteiger partial charge in [0.2, 0.25) is 0 Å². The van der Waals surface area contributed by atoms with Gasteiger partial charge in [0.15, 0.2) is 0 Å². The van der Waals surface area contributed by atoms with E-state index in [-0.39, 0.29) is 18.2 Å². The summed E-state index contributed by atoms with van der Waals surface area (Å²) < 4.78 is 11.9. The molecule has 3 atom stereocenters. The van der Waals surface area contributed by atoms with Crippen molar-refractivity contribution in [2.75, 3.05) is 25.0 Å². The van der Waals surface area contributed by atoms with Crippen LogP contribution in [0.4, 0.5) is 10.5 Å². The number of H-pyrrole nitrogens is 1. The van der Waals surface area contributed by atoms with Crippen LogP contribution in [-0.4, -0.2) is 58.6 Å². The van der Waals surface area contributed by atoms with Crippen molar-refractivity contribution in [3.8, 4) is 0 Å². The molecular weight excluding hydrogens is 320 g/mol. The summed E-state index contributed by atoms with van der Waals surface area (Å²) >= 11 is 0. The van der Waals surface area contributed by atoms with Crippen molar-refractivity contribution >= 4 is 22.6 Å². The van der Waals surface area contributed by atoms with Gasteiger partial charge in [0.25, 0.3) is 0 Å². The van der Waals surface area contributed by atoms with Gasteiger partial charge in [-0.2, -0.15) is 5.10 Å². The number of hydrogen-bond acceptors (Lipinski definition) is 4. The fourth-order valence-corrected chi connectivity index (χ4v) is 3.96. The fraction of sp³-hybridized carbons (Fsp3) is 0.556. The zero-order valence-electron chi connectivity index (χ0n) is 14.8. The average molecular weight is 344 g/mol. The van der Waals surface area contributed by atoms with Gasteiger partial charge in [-0.15, -0.1) is 0 Å². The first kappa shape index (κ1) is 16.4. The second-order valence-electron chi connectivity index (χ2n) is 7.19. The Labute approximate surface area is 146 Å². The summed E-state index contributed by atoms with van der Waals surface area (Å²) in [7, 11) is 0. The van der Waals surface area contributed by atoms with Crippen molar-refractivity contribution in [3.63, 3.8) is 0 Å². The smallest absolute Gasteiger partial charge is 0.322 e. The summed E-state index contributed by atoms with van der Waals surface area (Å²) in [5, 5.41) is 11.1. The quantitative estimate of drug-likeness (QED) is 0.833. The van der Waals surface area contributed by atoms with Gasteiger partial charge in [0.05, 0.1) is 30.5 Å². The molecule has 7 heteroatoms. The van der Waals surface area contributed by atoms with Crippen LogP contribution >= 0.6 is 0 Å². The van der Waals surface area contributed by atoms with Crippen LogP contribution in [0.1, 0.15) is 25.8 Å². The topological polar surface area (TPSA) is 79.5 Å². The van der Waals surface area contributed by atoms with E-state index >= 15 is 0 Å². The zero-order valence-corrected chi connectivity index (χ0v) is 14.8. The zero-order chi connectivity index (χ0) is 17.6. The molecule has 2 aromatic rings. The monoisotopic (exact) mass is 344 g/mol. The van der Waals surface area contributed by atoms with Gasteiger partial charge < -0.3 is 19.7 Å². The lowest BCUT2D eigenvalue weighted by atomic mass is 9.93. The number of carbonyl (C=O) groups is 1. The molecular formula is C18H24N4O3. The number of rotatable bonds is 1. The molecule has 2 fully saturated rings. The van der Waals surface area contributed by atoms with Gasteiger partial charge in [0, 0.05) is 30.6 Å². The molecule has 2 saturated heterocycles. The van der Waals surface area contributed by atoms with Crippen LogP contribution in [0, 0.1) is 6.92 Å². The number of anilines is 1. The molecule has 2 amide bonds. The second kappa shape index (κ2) is 6.00. The van der Waals surface area contributed by atoms with Crippen molar-refractivity contribution < 1.29 is 14.3 Å². The second-order valence-corrected chi connectivity index (χ2v) is 7.19. The van der Waals surface area contributed by atoms with Crippen molar-refractivity contribution in [1.29, 1.82) is 0 Å². The summed E-state index contributed by atoms with van der Waals surface area (Å²) in [6.45, 7) is 7.85. The van der Waals surface area contributed by atoms with E-state index in [2.05, 4.69) is 15.5 Å². The van der Waals surface area contributed by atoms with Gasteiger partial charge in [-0.3, -0.25) is 5.10 Å². The van der Waals surface area contributed by atoms with Crippen molar-refractivity contribution in [3.05, 3.63) is 23.9 Å². The molecule has 0 saturated carbocycles. The van der Waals surface area contributed by atoms with Crippen LogP contribution in [0.2, 0.25) is 0 Å². The number of nitrogens with one attached hydrogen (secondary N) is 2. The fourth-order valence-electron chi connectivity index (χ4n) is 3.96. The van der Waals surface area contributed by atoms with E-state index in [9.17, 15) is 4.79 Å². The first-order chi connectivity index (χ1) is 12.0. The number of fused-ring (bicyclic) bond motifs is 1. The number of nitrogens with zero attached hydrogens (tertiary/aromatic N) is 2. The van der Waals surface area contributed by atoms with Gasteiger partial charge in [-0.1, -0.05) is 0 Å². The van der Waals surface area contributed by atoms with Crippen molar-refractivity contribution in [2.45, 2.75) is 45.0 Å². The van der Waals surface area contributed by atoms with Gasteiger partial charge in [-0.25, -0.2) is 4.79 Å². The lowest BCUT2D eigenvalue weighted by Crippen LogP contribution is -2.60. The molecule has 3 unspecified atom stereocenters. The Morgan fingerprint density at radius 1 is 1.44 bits per heavy atom. The van der Waals surface area contributed by atoms with Crippen LogP contribution in [0.5, 0.6) is 0 Å². The molecule has 1 aromatic carbocycles. The molecule has 2 aliphatic heterocycles. The molecule has 7 nitrogen and oxygen atoms in total. The highest BCUT2D eigenvalue weighted by Gasteiger charge is 2.48. The largest absolute Gasteiger partial charge is 0.375 e. The van der Waals surface area contributed by atoms with Crippen molar-refractivity contribution in [2.24, 2.45) is 0 Å². The molecule has 25 heavy (non-hydrogen) atoms. The van der Waals surface area contributed by atoms with Crippen LogP contribution < -0.4 is 5.32 Å². The summed E-state index contributed by atoms with van der Waals surface area (Å²) in [4.78, 5) is 14.7. The minimum absolute atomic E-state index is 0.00543. The third-order valence-electron chi connectivity index (χ3n) is 5.31. The molecule has 2 N–H and O–H groups in total. The Balaban J connectivity index is 1.53. The lowest BCUT2D eigenvalue weighted by Gasteiger charge is -2.44. The Hall–Kier alpha value is -2.12. The Morgan fingerprint density at radius 2 is 2.28 bits per heavy atom. The van der Waals surface area contributed by atoms with Crippen LogP contribution in [0.25, 0.3) is 10.9 Å². The molecule has 0 aliphatic carbocycles. The molecule has 4 rings (SSSR count). The maximum absolute atomic E-state index is 12.8. The maximum atomic E-state index is 12.8. The predicted molar refractivity (Wildman–Crippen MR) is 94.7 cm³/mol. The van der Waals surface area contributed by atoms with E-state index in [1.807, 2.05) is 37.8 Å². The Kier molecular flexibility index (Phi) is 3.92. The molecule has 1 spiro atoms. The van der Waals surface area contributed by atoms with Gasteiger partial charge >= 0.3 is 6.03 Å². The highest BCUT2D eigenvalue weighted by atomic mass is 16.6. The third kappa shape index (κ3) is 2.87. The molecule has 0 radical (unpaired) electrons. The minimum Gasteiger partial charge on any atom is -0.375 e. The van der Waals surface area contributed by atoms with Crippen LogP contribution in [0.15, 0.2) is 18.3 Å². The van der Waals surface area contributed by atoms with E-state index in [0.29, 0.717) is 19.7 Å². The highest BCUT2D eigenvalue weighted by Crippen LogP contribution is 2.35. The van der Waals surface area contributed by atoms with Gasteiger partial charge in [-0.05, 0) is 38.5 Å². The van der Waals surface area contributed by atoms with Crippen LogP contribution in [0.3, 0.4) is 0 Å². The van der Waals surface area contributed by atoms with Crippen LogP contribution in [-0.2, 0) is 9.47 Å². The van der Waals surface area contributed by atoms with E-state index in [4.69, 9.17) is 9.47 Å². The Morgan fingerprint density at radius 3 is 3.04 bits per heavy atom.